The monoisotopic (exact) mass is 434 g/mol. The predicted octanol–water partition coefficient (Wildman–Crippen LogP) is 2.75. The number of carboxylic acid groups (broad SMARTS) is 1. The van der Waals surface area contributed by atoms with E-state index in [4.69, 9.17) is 11.6 Å². The molecule has 154 valence electrons. The van der Waals surface area contributed by atoms with Gasteiger partial charge in [-0.2, -0.15) is 0 Å². The van der Waals surface area contributed by atoms with Crippen LogP contribution < -0.4 is 10.3 Å². The summed E-state index contributed by atoms with van der Waals surface area (Å²) >= 11 is 6.52. The molecule has 0 unspecified atom stereocenters. The van der Waals surface area contributed by atoms with Crippen molar-refractivity contribution in [2.45, 2.75) is 20.0 Å². The van der Waals surface area contributed by atoms with Crippen LogP contribution in [0.2, 0.25) is 5.02 Å². The van der Waals surface area contributed by atoms with Gasteiger partial charge in [0.1, 0.15) is 5.56 Å². The van der Waals surface area contributed by atoms with Crippen LogP contribution in [0, 0.1) is 6.92 Å². The Morgan fingerprint density at radius 1 is 1.19 bits per heavy atom. The lowest BCUT2D eigenvalue weighted by Gasteiger charge is -2.19. The number of hydrogen-bond acceptors (Lipinski definition) is 7. The molecule has 5 heterocycles. The van der Waals surface area contributed by atoms with E-state index in [1.54, 1.807) is 6.20 Å². The smallest absolute Gasteiger partial charge is 0.341 e. The number of pyridine rings is 3. The van der Waals surface area contributed by atoms with E-state index in [1.807, 2.05) is 17.9 Å². The molecule has 0 atom stereocenters. The molecule has 0 radical (unpaired) electrons. The van der Waals surface area contributed by atoms with Crippen LogP contribution >= 0.6 is 11.6 Å². The second-order valence-corrected chi connectivity index (χ2v) is 7.59. The van der Waals surface area contributed by atoms with E-state index in [0.717, 1.165) is 16.8 Å². The maximum atomic E-state index is 12.8. The second kappa shape index (κ2) is 7.13. The Balaban J connectivity index is 1.74. The molecule has 1 N–H and O–H groups in total. The molecule has 0 fully saturated rings. The van der Waals surface area contributed by atoms with Crippen LogP contribution in [0.1, 0.15) is 27.2 Å². The number of fused-ring (bicyclic) bond motifs is 2. The molecule has 0 aromatic carbocycles. The molecule has 10 heteroatoms. The Morgan fingerprint density at radius 3 is 2.74 bits per heavy atom. The first-order chi connectivity index (χ1) is 14.9. The molecule has 1 aliphatic heterocycles. The number of rotatable bonds is 3. The highest BCUT2D eigenvalue weighted by Gasteiger charge is 2.26. The minimum Gasteiger partial charge on any atom is -0.477 e. The quantitative estimate of drug-likeness (QED) is 0.523. The van der Waals surface area contributed by atoms with Crippen molar-refractivity contribution in [1.29, 1.82) is 0 Å². The molecule has 4 aromatic heterocycles. The first-order valence-corrected chi connectivity index (χ1v) is 9.75. The number of aromatic carboxylic acids is 1. The third-order valence-corrected chi connectivity index (χ3v) is 5.59. The van der Waals surface area contributed by atoms with Gasteiger partial charge in [-0.1, -0.05) is 11.6 Å². The van der Waals surface area contributed by atoms with Crippen LogP contribution in [0.3, 0.4) is 0 Å². The number of carbonyl (C=O) groups is 1. The van der Waals surface area contributed by atoms with Gasteiger partial charge >= 0.3 is 5.97 Å². The lowest BCUT2D eigenvalue weighted by Crippen LogP contribution is -2.22. The molecular formula is C21H15ClN6O3. The van der Waals surface area contributed by atoms with E-state index < -0.39 is 17.0 Å². The normalized spacial score (nSPS) is 12.9. The molecule has 0 saturated carbocycles. The summed E-state index contributed by atoms with van der Waals surface area (Å²) in [6, 6.07) is 3.42. The van der Waals surface area contributed by atoms with Crippen molar-refractivity contribution in [1.82, 2.24) is 24.5 Å². The molecule has 0 bridgehead atoms. The molecule has 31 heavy (non-hydrogen) atoms. The van der Waals surface area contributed by atoms with Crippen LogP contribution in [0.25, 0.3) is 16.9 Å². The predicted molar refractivity (Wildman–Crippen MR) is 114 cm³/mol. The topological polar surface area (TPSA) is 114 Å². The van der Waals surface area contributed by atoms with Crippen LogP contribution in [0.5, 0.6) is 0 Å². The molecule has 0 amide bonds. The lowest BCUT2D eigenvalue weighted by atomic mass is 10.1. The molecule has 0 saturated heterocycles. The van der Waals surface area contributed by atoms with Gasteiger partial charge in [0.25, 0.3) is 0 Å². The minimum atomic E-state index is -1.35. The van der Waals surface area contributed by atoms with E-state index in [1.165, 1.54) is 35.4 Å². The number of halogens is 1. The highest BCUT2D eigenvalue weighted by Crippen LogP contribution is 2.34. The van der Waals surface area contributed by atoms with Crippen LogP contribution in [0.15, 0.2) is 47.9 Å². The summed E-state index contributed by atoms with van der Waals surface area (Å²) in [4.78, 5) is 43.8. The van der Waals surface area contributed by atoms with Crippen molar-refractivity contribution >= 4 is 34.4 Å². The van der Waals surface area contributed by atoms with Gasteiger partial charge in [0, 0.05) is 31.3 Å². The zero-order chi connectivity index (χ0) is 21.7. The van der Waals surface area contributed by atoms with Crippen molar-refractivity contribution in [3.63, 3.8) is 0 Å². The van der Waals surface area contributed by atoms with E-state index in [9.17, 15) is 14.7 Å². The van der Waals surface area contributed by atoms with Gasteiger partial charge in [0.05, 0.1) is 28.8 Å². The number of carboxylic acids is 1. The summed E-state index contributed by atoms with van der Waals surface area (Å²) < 4.78 is 1.44. The van der Waals surface area contributed by atoms with Gasteiger partial charge < -0.3 is 10.0 Å². The Morgan fingerprint density at radius 2 is 2.03 bits per heavy atom. The van der Waals surface area contributed by atoms with E-state index in [-0.39, 0.29) is 16.1 Å². The van der Waals surface area contributed by atoms with Gasteiger partial charge in [-0.3, -0.25) is 19.3 Å². The Labute approximate surface area is 180 Å². The van der Waals surface area contributed by atoms with Gasteiger partial charge in [-0.05, 0) is 30.2 Å². The standard InChI is InChI=1S/C21H15ClN6O3/c1-11-2-3-24-16-10-27(8-13(11)16)20-15(22)6-12-18(29)14(21(30)31)9-28(19(12)26-20)17-7-23-4-5-25-17/h2-7,9H,8,10H2,1H3,(H,30,31). The van der Waals surface area contributed by atoms with Gasteiger partial charge in [0.15, 0.2) is 17.3 Å². The maximum absolute atomic E-state index is 12.8. The van der Waals surface area contributed by atoms with Crippen molar-refractivity contribution in [3.8, 4) is 5.82 Å². The fraction of sp³-hybridized carbons (Fsp3) is 0.143. The highest BCUT2D eigenvalue weighted by atomic mass is 35.5. The summed E-state index contributed by atoms with van der Waals surface area (Å²) in [5.74, 6) is -0.536. The zero-order valence-electron chi connectivity index (χ0n) is 16.3. The van der Waals surface area contributed by atoms with Crippen molar-refractivity contribution < 1.29 is 9.90 Å². The Kier molecular flexibility index (Phi) is 4.40. The van der Waals surface area contributed by atoms with Gasteiger partial charge in [0.2, 0.25) is 5.43 Å². The summed E-state index contributed by atoms with van der Waals surface area (Å²) in [6.07, 6.45) is 7.42. The van der Waals surface area contributed by atoms with Gasteiger partial charge in [-0.25, -0.2) is 14.8 Å². The molecule has 1 aliphatic rings. The van der Waals surface area contributed by atoms with Crippen molar-refractivity contribution in [2.75, 3.05) is 4.90 Å². The van der Waals surface area contributed by atoms with E-state index >= 15 is 0 Å². The minimum absolute atomic E-state index is 0.0883. The summed E-state index contributed by atoms with van der Waals surface area (Å²) in [6.45, 7) is 3.13. The number of aromatic nitrogens is 5. The van der Waals surface area contributed by atoms with Gasteiger partial charge in [-0.15, -0.1) is 0 Å². The average molecular weight is 435 g/mol. The van der Waals surface area contributed by atoms with Crippen molar-refractivity contribution in [3.05, 3.63) is 80.7 Å². The highest BCUT2D eigenvalue weighted by molar-refractivity contribution is 6.33. The van der Waals surface area contributed by atoms with Crippen LogP contribution in [0.4, 0.5) is 5.82 Å². The fourth-order valence-electron chi connectivity index (χ4n) is 3.75. The van der Waals surface area contributed by atoms with E-state index in [0.29, 0.717) is 24.7 Å². The first kappa shape index (κ1) is 19.1. The average Bonchev–Trinajstić information content (AvgIpc) is 3.20. The summed E-state index contributed by atoms with van der Waals surface area (Å²) in [5.41, 5.74) is 2.38. The molecule has 0 aliphatic carbocycles. The molecule has 4 aromatic rings. The number of anilines is 1. The molecule has 9 nitrogen and oxygen atoms in total. The largest absolute Gasteiger partial charge is 0.477 e. The van der Waals surface area contributed by atoms with Crippen LogP contribution in [-0.4, -0.2) is 35.6 Å². The first-order valence-electron chi connectivity index (χ1n) is 9.38. The third-order valence-electron chi connectivity index (χ3n) is 5.31. The van der Waals surface area contributed by atoms with Crippen LogP contribution in [-0.2, 0) is 13.1 Å². The summed E-state index contributed by atoms with van der Waals surface area (Å²) in [5, 5.41) is 9.84. The maximum Gasteiger partial charge on any atom is 0.341 e. The SMILES string of the molecule is Cc1ccnc2c1CN(c1nc3c(cc1Cl)c(=O)c(C(=O)O)cn3-c1cnccn1)C2. The lowest BCUT2D eigenvalue weighted by molar-refractivity contribution is 0.0695. The van der Waals surface area contributed by atoms with E-state index in [2.05, 4.69) is 19.9 Å². The number of aryl methyl sites for hydroxylation is 1. The zero-order valence-corrected chi connectivity index (χ0v) is 17.0. The molecule has 5 rings (SSSR count). The number of hydrogen-bond donors (Lipinski definition) is 1. The Hall–Kier alpha value is -3.85. The summed E-state index contributed by atoms with van der Waals surface area (Å²) in [7, 11) is 0. The van der Waals surface area contributed by atoms with Crippen molar-refractivity contribution in [2.24, 2.45) is 0 Å². The second-order valence-electron chi connectivity index (χ2n) is 7.18. The third kappa shape index (κ3) is 3.10. The Bertz CT molecular complexity index is 1420. The molecular weight excluding hydrogens is 420 g/mol. The fourth-order valence-corrected chi connectivity index (χ4v) is 4.02. The number of nitrogens with zero attached hydrogens (tertiary/aromatic N) is 6. The molecule has 0 spiro atoms.